The summed E-state index contributed by atoms with van der Waals surface area (Å²) in [5, 5.41) is 42.0. The summed E-state index contributed by atoms with van der Waals surface area (Å²) in [6.07, 6.45) is -3.30. The van der Waals surface area contributed by atoms with E-state index in [0.717, 1.165) is 17.7 Å². The molecule has 0 rings (SSSR count). The molecular formula is C30H50N2O12. The van der Waals surface area contributed by atoms with Gasteiger partial charge in [0.15, 0.2) is 0 Å². The number of aliphatic hydroxyl groups is 4. The first-order chi connectivity index (χ1) is 20.6. The molecule has 0 aromatic heterocycles. The SMILES string of the molecule is C=C(C)C(=O)OCC(O)CN(CC(=O)N(CC(O)COC(=O)C(=C)C)CC(O)COC(=O)C(=C)C)CC(O)COCCCC. The number of esters is 3. The Labute approximate surface area is 259 Å². The number of carbonyl (C=O) groups excluding carboxylic acids is 4. The molecule has 0 heterocycles. The van der Waals surface area contributed by atoms with Crippen molar-refractivity contribution in [1.29, 1.82) is 0 Å². The summed E-state index contributed by atoms with van der Waals surface area (Å²) in [6, 6.07) is 0. The molecule has 0 saturated carbocycles. The Bertz CT molecular complexity index is 932. The molecule has 1 amide bonds. The number of carbonyl (C=O) groups is 4. The van der Waals surface area contributed by atoms with Crippen LogP contribution in [0.15, 0.2) is 36.5 Å². The van der Waals surface area contributed by atoms with Gasteiger partial charge in [-0.2, -0.15) is 0 Å². The van der Waals surface area contributed by atoms with E-state index >= 15 is 0 Å². The summed E-state index contributed by atoms with van der Waals surface area (Å²) in [4.78, 5) is 51.1. The van der Waals surface area contributed by atoms with Crippen LogP contribution in [0.3, 0.4) is 0 Å². The Balaban J connectivity index is 5.73. The van der Waals surface area contributed by atoms with Gasteiger partial charge in [-0.1, -0.05) is 33.1 Å². The molecular weight excluding hydrogens is 580 g/mol. The lowest BCUT2D eigenvalue weighted by molar-refractivity contribution is -0.146. The third-order valence-electron chi connectivity index (χ3n) is 5.73. The van der Waals surface area contributed by atoms with Crippen molar-refractivity contribution in [3.8, 4) is 0 Å². The van der Waals surface area contributed by atoms with Crippen LogP contribution in [0, 0.1) is 0 Å². The maximum absolute atomic E-state index is 13.5. The fraction of sp³-hybridized carbons (Fsp3) is 0.667. The molecule has 0 fully saturated rings. The second kappa shape index (κ2) is 22.4. The summed E-state index contributed by atoms with van der Waals surface area (Å²) in [7, 11) is 0. The van der Waals surface area contributed by atoms with Crippen LogP contribution in [-0.4, -0.2) is 144 Å². The van der Waals surface area contributed by atoms with Crippen LogP contribution in [0.1, 0.15) is 40.5 Å². The molecule has 0 aliphatic heterocycles. The van der Waals surface area contributed by atoms with E-state index in [1.807, 2.05) is 6.92 Å². The van der Waals surface area contributed by atoms with Gasteiger partial charge in [-0.15, -0.1) is 0 Å². The predicted molar refractivity (Wildman–Crippen MR) is 160 cm³/mol. The molecule has 44 heavy (non-hydrogen) atoms. The van der Waals surface area contributed by atoms with Crippen molar-refractivity contribution in [2.24, 2.45) is 0 Å². The van der Waals surface area contributed by atoms with Crippen LogP contribution in [0.5, 0.6) is 0 Å². The smallest absolute Gasteiger partial charge is 0.333 e. The third kappa shape index (κ3) is 19.2. The van der Waals surface area contributed by atoms with Gasteiger partial charge in [0.25, 0.3) is 0 Å². The average molecular weight is 631 g/mol. The fourth-order valence-corrected chi connectivity index (χ4v) is 3.44. The van der Waals surface area contributed by atoms with Crippen LogP contribution in [0.25, 0.3) is 0 Å². The van der Waals surface area contributed by atoms with Gasteiger partial charge >= 0.3 is 17.9 Å². The summed E-state index contributed by atoms with van der Waals surface area (Å²) >= 11 is 0. The minimum Gasteiger partial charge on any atom is -0.460 e. The second-order valence-corrected chi connectivity index (χ2v) is 10.7. The Hall–Kier alpha value is -3.14. The molecule has 0 aliphatic carbocycles. The third-order valence-corrected chi connectivity index (χ3v) is 5.73. The van der Waals surface area contributed by atoms with Crippen LogP contribution in [-0.2, 0) is 38.1 Å². The summed E-state index contributed by atoms with van der Waals surface area (Å²) in [5.74, 6) is -2.83. The first-order valence-electron chi connectivity index (χ1n) is 14.3. The Morgan fingerprint density at radius 2 is 1.00 bits per heavy atom. The minimum absolute atomic E-state index is 0.0330. The Morgan fingerprint density at radius 1 is 0.636 bits per heavy atom. The number of unbranched alkanes of at least 4 members (excludes halogenated alkanes) is 1. The summed E-state index contributed by atoms with van der Waals surface area (Å²) < 4.78 is 20.4. The molecule has 0 bridgehead atoms. The molecule has 0 saturated heterocycles. The van der Waals surface area contributed by atoms with Crippen LogP contribution in [0.2, 0.25) is 0 Å². The molecule has 4 unspecified atom stereocenters. The van der Waals surface area contributed by atoms with E-state index in [4.69, 9.17) is 18.9 Å². The van der Waals surface area contributed by atoms with Gasteiger partial charge in [0, 0.05) is 36.4 Å². The van der Waals surface area contributed by atoms with Crippen LogP contribution >= 0.6 is 0 Å². The second-order valence-electron chi connectivity index (χ2n) is 10.7. The van der Waals surface area contributed by atoms with Crippen molar-refractivity contribution in [1.82, 2.24) is 9.80 Å². The molecule has 4 atom stereocenters. The number of hydrogen-bond donors (Lipinski definition) is 4. The lowest BCUT2D eigenvalue weighted by atomic mass is 10.2. The van der Waals surface area contributed by atoms with Gasteiger partial charge in [0.2, 0.25) is 5.91 Å². The molecule has 0 aromatic carbocycles. The number of ether oxygens (including phenoxy) is 4. The van der Waals surface area contributed by atoms with E-state index in [0.29, 0.717) is 6.61 Å². The lowest BCUT2D eigenvalue weighted by Crippen LogP contribution is -2.50. The van der Waals surface area contributed by atoms with Gasteiger partial charge in [-0.3, -0.25) is 9.69 Å². The fourth-order valence-electron chi connectivity index (χ4n) is 3.44. The molecule has 0 aliphatic rings. The monoisotopic (exact) mass is 630 g/mol. The highest BCUT2D eigenvalue weighted by Gasteiger charge is 2.26. The van der Waals surface area contributed by atoms with Crippen molar-refractivity contribution in [3.05, 3.63) is 36.5 Å². The van der Waals surface area contributed by atoms with E-state index in [9.17, 15) is 39.6 Å². The zero-order chi connectivity index (χ0) is 33.8. The number of hydrogen-bond acceptors (Lipinski definition) is 13. The van der Waals surface area contributed by atoms with E-state index in [-0.39, 0.29) is 49.5 Å². The van der Waals surface area contributed by atoms with Crippen molar-refractivity contribution in [2.75, 3.05) is 65.8 Å². The van der Waals surface area contributed by atoms with Crippen molar-refractivity contribution >= 4 is 23.8 Å². The number of amides is 1. The van der Waals surface area contributed by atoms with Crippen molar-refractivity contribution < 1.29 is 58.6 Å². The Kier molecular flexibility index (Phi) is 20.8. The molecule has 4 N–H and O–H groups in total. The van der Waals surface area contributed by atoms with E-state index < -0.39 is 74.6 Å². The molecule has 0 spiro atoms. The lowest BCUT2D eigenvalue weighted by Gasteiger charge is -2.31. The topological polar surface area (TPSA) is 193 Å². The van der Waals surface area contributed by atoms with Crippen LogP contribution in [0.4, 0.5) is 0 Å². The summed E-state index contributed by atoms with van der Waals surface area (Å²) in [6.45, 7) is 14.2. The zero-order valence-electron chi connectivity index (χ0n) is 26.4. The number of rotatable bonds is 24. The van der Waals surface area contributed by atoms with Gasteiger partial charge in [0.1, 0.15) is 38.1 Å². The Morgan fingerprint density at radius 3 is 1.36 bits per heavy atom. The van der Waals surface area contributed by atoms with Crippen molar-refractivity contribution in [3.63, 3.8) is 0 Å². The highest BCUT2D eigenvalue weighted by molar-refractivity contribution is 5.87. The molecule has 0 aromatic rings. The molecule has 0 radical (unpaired) electrons. The van der Waals surface area contributed by atoms with E-state index in [2.05, 4.69) is 19.7 Å². The maximum atomic E-state index is 13.5. The van der Waals surface area contributed by atoms with Crippen molar-refractivity contribution in [2.45, 2.75) is 65.0 Å². The quantitative estimate of drug-likeness (QED) is 0.0472. The standard InChI is InChI=1S/C30H50N2O12/c1-8-9-10-41-16-23(33)11-31(12-24(34)17-42-28(38)20(2)3)15-27(37)32(13-25(35)18-43-29(39)21(4)5)14-26(36)19-44-30(40)22(6)7/h23-26,33-36H,2,4,6,8-19H2,1,3,5,7H3. The van der Waals surface area contributed by atoms with Crippen LogP contribution < -0.4 is 0 Å². The molecule has 14 nitrogen and oxygen atoms in total. The van der Waals surface area contributed by atoms with Gasteiger partial charge < -0.3 is 44.3 Å². The highest BCUT2D eigenvalue weighted by atomic mass is 16.6. The number of nitrogens with zero attached hydrogens (tertiary/aromatic N) is 2. The normalized spacial score (nSPS) is 13.8. The van der Waals surface area contributed by atoms with Gasteiger partial charge in [-0.05, 0) is 27.2 Å². The van der Waals surface area contributed by atoms with Gasteiger partial charge in [0.05, 0.1) is 32.3 Å². The zero-order valence-corrected chi connectivity index (χ0v) is 26.4. The first kappa shape index (κ1) is 40.9. The predicted octanol–water partition coefficient (Wildman–Crippen LogP) is -0.265. The highest BCUT2D eigenvalue weighted by Crippen LogP contribution is 2.06. The maximum Gasteiger partial charge on any atom is 0.333 e. The van der Waals surface area contributed by atoms with E-state index in [1.165, 1.54) is 25.7 Å². The molecule has 14 heteroatoms. The molecule has 252 valence electrons. The first-order valence-corrected chi connectivity index (χ1v) is 14.3. The summed E-state index contributed by atoms with van der Waals surface area (Å²) in [5.41, 5.74) is 0.361. The largest absolute Gasteiger partial charge is 0.460 e. The minimum atomic E-state index is -1.36. The number of aliphatic hydroxyl groups excluding tert-OH is 4. The van der Waals surface area contributed by atoms with Gasteiger partial charge in [-0.25, -0.2) is 14.4 Å². The van der Waals surface area contributed by atoms with E-state index in [1.54, 1.807) is 0 Å². The average Bonchev–Trinajstić information content (AvgIpc) is 2.94.